The number of hydrogen-bond acceptors (Lipinski definition) is 4. The molecule has 0 saturated carbocycles. The van der Waals surface area contributed by atoms with E-state index in [1.165, 1.54) is 25.9 Å². The highest BCUT2D eigenvalue weighted by Crippen LogP contribution is 2.17. The van der Waals surface area contributed by atoms with Crippen molar-refractivity contribution in [1.82, 2.24) is 9.80 Å². The van der Waals surface area contributed by atoms with E-state index in [9.17, 15) is 4.79 Å². The molecule has 5 nitrogen and oxygen atoms in total. The first-order valence-corrected chi connectivity index (χ1v) is 7.61. The first-order chi connectivity index (χ1) is 10.0. The minimum atomic E-state index is 0.00706. The van der Waals surface area contributed by atoms with Crippen LogP contribution in [0.25, 0.3) is 0 Å². The molecule has 0 aromatic heterocycles. The zero-order valence-corrected chi connectivity index (χ0v) is 13.1. The van der Waals surface area contributed by atoms with E-state index in [0.29, 0.717) is 12.2 Å². The molecule has 1 fully saturated rings. The number of likely N-dealkylation sites (tertiary alicyclic amines) is 1. The van der Waals surface area contributed by atoms with Gasteiger partial charge < -0.3 is 16.0 Å². The molecule has 0 radical (unpaired) electrons. The van der Waals surface area contributed by atoms with Crippen LogP contribution < -0.4 is 11.1 Å². The maximum atomic E-state index is 12.1. The molecule has 1 aliphatic rings. The van der Waals surface area contributed by atoms with Crippen molar-refractivity contribution in [3.05, 3.63) is 23.8 Å². The molecular weight excluding hydrogens is 264 g/mol. The second-order valence-electron chi connectivity index (χ2n) is 5.91. The van der Waals surface area contributed by atoms with Crippen LogP contribution >= 0.6 is 0 Å². The molecule has 1 aromatic carbocycles. The highest BCUT2D eigenvalue weighted by Gasteiger charge is 2.13. The third-order valence-electron chi connectivity index (χ3n) is 3.95. The number of nitrogens with zero attached hydrogens (tertiary/aromatic N) is 2. The number of benzene rings is 1. The summed E-state index contributed by atoms with van der Waals surface area (Å²) in [6, 6.07) is 5.56. The molecule has 116 valence electrons. The van der Waals surface area contributed by atoms with Crippen LogP contribution in [0.5, 0.6) is 0 Å². The van der Waals surface area contributed by atoms with Crippen molar-refractivity contribution in [2.45, 2.75) is 19.8 Å². The van der Waals surface area contributed by atoms with Gasteiger partial charge in [0.1, 0.15) is 0 Å². The van der Waals surface area contributed by atoms with Gasteiger partial charge in [-0.1, -0.05) is 6.07 Å². The average Bonchev–Trinajstić information content (AvgIpc) is 2.94. The number of carbonyl (C=O) groups is 1. The Labute approximate surface area is 127 Å². The lowest BCUT2D eigenvalue weighted by Crippen LogP contribution is -2.36. The van der Waals surface area contributed by atoms with E-state index < -0.39 is 0 Å². The van der Waals surface area contributed by atoms with Gasteiger partial charge in [-0.2, -0.15) is 0 Å². The first kappa shape index (κ1) is 15.8. The second-order valence-corrected chi connectivity index (χ2v) is 5.91. The zero-order chi connectivity index (χ0) is 15.2. The molecule has 0 unspecified atom stereocenters. The molecular formula is C16H26N4O. The van der Waals surface area contributed by atoms with Gasteiger partial charge >= 0.3 is 0 Å². The fourth-order valence-corrected chi connectivity index (χ4v) is 2.61. The van der Waals surface area contributed by atoms with Crippen LogP contribution in [-0.4, -0.2) is 55.5 Å². The van der Waals surface area contributed by atoms with Gasteiger partial charge in [-0.05, 0) is 57.6 Å². The zero-order valence-electron chi connectivity index (χ0n) is 13.1. The number of nitrogen functional groups attached to an aromatic ring is 1. The van der Waals surface area contributed by atoms with Crippen LogP contribution in [0, 0.1) is 6.92 Å². The van der Waals surface area contributed by atoms with Crippen LogP contribution in [-0.2, 0) is 4.79 Å². The summed E-state index contributed by atoms with van der Waals surface area (Å²) in [5, 5.41) is 2.94. The lowest BCUT2D eigenvalue weighted by Gasteiger charge is -2.21. The van der Waals surface area contributed by atoms with Crippen molar-refractivity contribution in [3.63, 3.8) is 0 Å². The van der Waals surface area contributed by atoms with Crippen molar-refractivity contribution < 1.29 is 4.79 Å². The Morgan fingerprint density at radius 2 is 2.10 bits per heavy atom. The van der Waals surface area contributed by atoms with Crippen LogP contribution in [0.2, 0.25) is 0 Å². The Hall–Kier alpha value is -1.59. The average molecular weight is 290 g/mol. The lowest BCUT2D eigenvalue weighted by atomic mass is 10.2. The molecule has 5 heteroatoms. The van der Waals surface area contributed by atoms with E-state index in [-0.39, 0.29) is 5.91 Å². The van der Waals surface area contributed by atoms with E-state index in [0.717, 1.165) is 24.3 Å². The van der Waals surface area contributed by atoms with Gasteiger partial charge in [-0.15, -0.1) is 0 Å². The third-order valence-corrected chi connectivity index (χ3v) is 3.95. The van der Waals surface area contributed by atoms with E-state index in [1.54, 1.807) is 6.07 Å². The fraction of sp³-hybridized carbons (Fsp3) is 0.562. The molecule has 3 N–H and O–H groups in total. The molecule has 0 spiro atoms. The minimum absolute atomic E-state index is 0.00706. The second kappa shape index (κ2) is 7.43. The number of nitrogens with one attached hydrogen (secondary N) is 1. The summed E-state index contributed by atoms with van der Waals surface area (Å²) in [6.07, 6.45) is 2.61. The summed E-state index contributed by atoms with van der Waals surface area (Å²) in [6.45, 7) is 6.73. The molecule has 0 atom stereocenters. The monoisotopic (exact) mass is 290 g/mol. The number of likely N-dealkylation sites (N-methyl/N-ethyl adjacent to an activating group) is 1. The van der Waals surface area contributed by atoms with Crippen LogP contribution in [0.1, 0.15) is 18.4 Å². The molecule has 0 bridgehead atoms. The van der Waals surface area contributed by atoms with Crippen molar-refractivity contribution >= 4 is 17.3 Å². The highest BCUT2D eigenvalue weighted by atomic mass is 16.2. The quantitative estimate of drug-likeness (QED) is 0.780. The Kier molecular flexibility index (Phi) is 5.59. The number of rotatable bonds is 6. The largest absolute Gasteiger partial charge is 0.399 e. The number of anilines is 2. The molecule has 21 heavy (non-hydrogen) atoms. The maximum absolute atomic E-state index is 12.1. The van der Waals surface area contributed by atoms with Crippen molar-refractivity contribution in [2.24, 2.45) is 0 Å². The standard InChI is InChI=1S/C16H26N4O/c1-13-5-6-14(17)11-15(13)18-16(21)12-19(2)9-10-20-7-3-4-8-20/h5-6,11H,3-4,7-10,12,17H2,1-2H3,(H,18,21). The number of aryl methyl sites for hydroxylation is 1. The summed E-state index contributed by atoms with van der Waals surface area (Å²) in [5.41, 5.74) is 8.24. The van der Waals surface area contributed by atoms with Gasteiger partial charge in [-0.3, -0.25) is 9.69 Å². The smallest absolute Gasteiger partial charge is 0.238 e. The van der Waals surface area contributed by atoms with Crippen molar-refractivity contribution in [1.29, 1.82) is 0 Å². The summed E-state index contributed by atoms with van der Waals surface area (Å²) in [7, 11) is 1.99. The predicted molar refractivity (Wildman–Crippen MR) is 87.4 cm³/mol. The van der Waals surface area contributed by atoms with E-state index in [4.69, 9.17) is 5.73 Å². The summed E-state index contributed by atoms with van der Waals surface area (Å²) >= 11 is 0. The topological polar surface area (TPSA) is 61.6 Å². The first-order valence-electron chi connectivity index (χ1n) is 7.61. The Bertz CT molecular complexity index is 483. The predicted octanol–water partition coefficient (Wildman–Crippen LogP) is 1.54. The molecule has 1 aromatic rings. The number of hydrogen-bond donors (Lipinski definition) is 2. The van der Waals surface area contributed by atoms with Gasteiger partial charge in [0.2, 0.25) is 5.91 Å². The lowest BCUT2D eigenvalue weighted by molar-refractivity contribution is -0.117. The summed E-state index contributed by atoms with van der Waals surface area (Å²) < 4.78 is 0. The van der Waals surface area contributed by atoms with Crippen LogP contribution in [0.15, 0.2) is 18.2 Å². The maximum Gasteiger partial charge on any atom is 0.238 e. The highest BCUT2D eigenvalue weighted by molar-refractivity contribution is 5.93. The Morgan fingerprint density at radius 1 is 1.38 bits per heavy atom. The van der Waals surface area contributed by atoms with Crippen molar-refractivity contribution in [3.8, 4) is 0 Å². The summed E-state index contributed by atoms with van der Waals surface area (Å²) in [5.74, 6) is 0.00706. The van der Waals surface area contributed by atoms with Gasteiger partial charge in [0.05, 0.1) is 6.54 Å². The minimum Gasteiger partial charge on any atom is -0.399 e. The van der Waals surface area contributed by atoms with Gasteiger partial charge in [0, 0.05) is 24.5 Å². The number of amides is 1. The van der Waals surface area contributed by atoms with Crippen LogP contribution in [0.3, 0.4) is 0 Å². The fourth-order valence-electron chi connectivity index (χ4n) is 2.61. The Balaban J connectivity index is 1.76. The van der Waals surface area contributed by atoms with E-state index in [1.807, 2.05) is 26.1 Å². The number of carbonyl (C=O) groups excluding carboxylic acids is 1. The molecule has 0 aliphatic carbocycles. The van der Waals surface area contributed by atoms with Crippen LogP contribution in [0.4, 0.5) is 11.4 Å². The van der Waals surface area contributed by atoms with Gasteiger partial charge in [0.25, 0.3) is 0 Å². The third kappa shape index (κ3) is 5.02. The van der Waals surface area contributed by atoms with E-state index >= 15 is 0 Å². The summed E-state index contributed by atoms with van der Waals surface area (Å²) in [4.78, 5) is 16.6. The van der Waals surface area contributed by atoms with Gasteiger partial charge in [0.15, 0.2) is 0 Å². The molecule has 1 heterocycles. The SMILES string of the molecule is Cc1ccc(N)cc1NC(=O)CN(C)CCN1CCCC1. The Morgan fingerprint density at radius 3 is 2.81 bits per heavy atom. The number of nitrogens with two attached hydrogens (primary N) is 1. The molecule has 2 rings (SSSR count). The van der Waals surface area contributed by atoms with Gasteiger partial charge in [-0.25, -0.2) is 0 Å². The van der Waals surface area contributed by atoms with Crippen molar-refractivity contribution in [2.75, 3.05) is 50.8 Å². The molecule has 1 amide bonds. The molecule has 1 saturated heterocycles. The molecule has 1 aliphatic heterocycles. The van der Waals surface area contributed by atoms with E-state index in [2.05, 4.69) is 15.1 Å². The normalized spacial score (nSPS) is 15.6.